The van der Waals surface area contributed by atoms with Gasteiger partial charge in [-0.3, -0.25) is 9.47 Å². The van der Waals surface area contributed by atoms with E-state index in [1.807, 2.05) is 6.07 Å². The second kappa shape index (κ2) is 10.7. The molecule has 2 aromatic heterocycles. The Morgan fingerprint density at radius 3 is 2.68 bits per heavy atom. The molecule has 0 unspecified atom stereocenters. The van der Waals surface area contributed by atoms with Gasteiger partial charge in [0.2, 0.25) is 0 Å². The number of amides is 1. The normalized spacial score (nSPS) is 13.6. The summed E-state index contributed by atoms with van der Waals surface area (Å²) >= 11 is 5.95. The number of halogens is 4. The van der Waals surface area contributed by atoms with Crippen molar-refractivity contribution in [2.45, 2.75) is 19.5 Å². The standard InChI is InChI=1S/C28H21ClF3N5O/c29-26-13-19(5-7-34-26)15-35-28(38)37-24-6-9-36(8-1-2-17-10-22(30)27(32)23(31)11-17)16-21(24)20-4-3-18(14-33)12-25(20)37/h1-5,7,10-13H,6,8-9,15-16H2,(H,35,38). The van der Waals surface area contributed by atoms with Crippen LogP contribution in [-0.2, 0) is 19.5 Å². The van der Waals surface area contributed by atoms with E-state index in [9.17, 15) is 23.2 Å². The highest BCUT2D eigenvalue weighted by Crippen LogP contribution is 2.31. The van der Waals surface area contributed by atoms with Gasteiger partial charge in [0.15, 0.2) is 17.5 Å². The molecule has 3 heterocycles. The summed E-state index contributed by atoms with van der Waals surface area (Å²) < 4.78 is 41.8. The molecule has 0 saturated carbocycles. The number of pyridine rings is 1. The molecule has 38 heavy (non-hydrogen) atoms. The SMILES string of the molecule is N#Cc1ccc2c3c(n(C(=O)NCc4ccnc(Cl)c4)c2c1)CCN(CC=Cc1cc(F)c(F)c(F)c1)C3. The van der Waals surface area contributed by atoms with Gasteiger partial charge in [-0.2, -0.15) is 5.26 Å². The number of carbonyl (C=O) groups is 1. The minimum absolute atomic E-state index is 0.229. The van der Waals surface area contributed by atoms with Crippen LogP contribution in [0.15, 0.2) is 54.7 Å². The molecule has 1 amide bonds. The number of carbonyl (C=O) groups excluding carboxylic acids is 1. The molecule has 0 spiro atoms. The van der Waals surface area contributed by atoms with Gasteiger partial charge in [0, 0.05) is 49.9 Å². The Labute approximate surface area is 221 Å². The van der Waals surface area contributed by atoms with Crippen molar-refractivity contribution in [3.63, 3.8) is 0 Å². The minimum Gasteiger partial charge on any atom is -0.333 e. The number of nitriles is 1. The second-order valence-corrected chi connectivity index (χ2v) is 9.32. The molecule has 6 nitrogen and oxygen atoms in total. The molecule has 0 fully saturated rings. The van der Waals surface area contributed by atoms with Gasteiger partial charge < -0.3 is 5.32 Å². The van der Waals surface area contributed by atoms with Crippen molar-refractivity contribution in [1.82, 2.24) is 19.8 Å². The van der Waals surface area contributed by atoms with Crippen LogP contribution in [0.1, 0.15) is 27.9 Å². The van der Waals surface area contributed by atoms with Crippen LogP contribution in [0.5, 0.6) is 0 Å². The van der Waals surface area contributed by atoms with Crippen LogP contribution in [0.4, 0.5) is 18.0 Å². The highest BCUT2D eigenvalue weighted by atomic mass is 35.5. The van der Waals surface area contributed by atoms with Gasteiger partial charge in [0.25, 0.3) is 0 Å². The topological polar surface area (TPSA) is 74.0 Å². The van der Waals surface area contributed by atoms with Gasteiger partial charge in [-0.25, -0.2) is 22.9 Å². The maximum absolute atomic E-state index is 13.5. The fourth-order valence-corrected chi connectivity index (χ4v) is 4.89. The summed E-state index contributed by atoms with van der Waals surface area (Å²) in [6, 6.07) is 12.4. The summed E-state index contributed by atoms with van der Waals surface area (Å²) in [5.74, 6) is -3.96. The third kappa shape index (κ3) is 5.14. The Balaban J connectivity index is 1.39. The van der Waals surface area contributed by atoms with Crippen LogP contribution in [0.2, 0.25) is 5.15 Å². The number of hydrogen-bond donors (Lipinski definition) is 1. The average molecular weight is 536 g/mol. The van der Waals surface area contributed by atoms with Crippen LogP contribution >= 0.6 is 11.6 Å². The Kier molecular flexibility index (Phi) is 7.18. The van der Waals surface area contributed by atoms with Crippen LogP contribution in [-0.4, -0.2) is 33.6 Å². The molecule has 1 aliphatic rings. The third-order valence-electron chi connectivity index (χ3n) is 6.48. The summed E-state index contributed by atoms with van der Waals surface area (Å²) in [5.41, 5.74) is 3.97. The second-order valence-electron chi connectivity index (χ2n) is 8.94. The van der Waals surface area contributed by atoms with Crippen molar-refractivity contribution in [3.05, 3.63) is 105 Å². The first kappa shape index (κ1) is 25.5. The predicted molar refractivity (Wildman–Crippen MR) is 138 cm³/mol. The van der Waals surface area contributed by atoms with Crippen LogP contribution in [0.25, 0.3) is 17.0 Å². The van der Waals surface area contributed by atoms with Gasteiger partial charge >= 0.3 is 6.03 Å². The highest BCUT2D eigenvalue weighted by Gasteiger charge is 2.26. The highest BCUT2D eigenvalue weighted by molar-refractivity contribution is 6.29. The van der Waals surface area contributed by atoms with E-state index in [0.717, 1.165) is 34.3 Å². The lowest BCUT2D eigenvalue weighted by atomic mass is 10.0. The lowest BCUT2D eigenvalue weighted by Crippen LogP contribution is -2.34. The molecule has 1 aliphatic heterocycles. The Bertz CT molecular complexity index is 1600. The first-order valence-corrected chi connectivity index (χ1v) is 12.2. The Morgan fingerprint density at radius 1 is 1.16 bits per heavy atom. The zero-order chi connectivity index (χ0) is 26.8. The molecule has 10 heteroatoms. The molecule has 0 atom stereocenters. The van der Waals surface area contributed by atoms with Gasteiger partial charge in [0.05, 0.1) is 17.1 Å². The molecule has 1 N–H and O–H groups in total. The molecule has 0 radical (unpaired) electrons. The van der Waals surface area contributed by atoms with Gasteiger partial charge in [-0.15, -0.1) is 0 Å². The van der Waals surface area contributed by atoms with Gasteiger partial charge in [0.1, 0.15) is 5.15 Å². The lowest BCUT2D eigenvalue weighted by molar-refractivity contribution is 0.240. The average Bonchev–Trinajstić information content (AvgIpc) is 3.23. The first-order chi connectivity index (χ1) is 18.3. The van der Waals surface area contributed by atoms with E-state index in [4.69, 9.17) is 11.6 Å². The van der Waals surface area contributed by atoms with Crippen LogP contribution in [0, 0.1) is 28.8 Å². The number of hydrogen-bond acceptors (Lipinski definition) is 4. The molecule has 5 rings (SSSR count). The van der Waals surface area contributed by atoms with E-state index < -0.39 is 17.5 Å². The van der Waals surface area contributed by atoms with Crippen molar-refractivity contribution in [2.75, 3.05) is 13.1 Å². The maximum atomic E-state index is 13.5. The zero-order valence-corrected chi connectivity index (χ0v) is 20.8. The van der Waals surface area contributed by atoms with Crippen molar-refractivity contribution in [2.24, 2.45) is 0 Å². The van der Waals surface area contributed by atoms with E-state index in [1.165, 1.54) is 0 Å². The first-order valence-electron chi connectivity index (χ1n) is 11.8. The molecule has 192 valence electrons. The van der Waals surface area contributed by atoms with Gasteiger partial charge in [-0.05, 0) is 53.1 Å². The summed E-state index contributed by atoms with van der Waals surface area (Å²) in [7, 11) is 0. The maximum Gasteiger partial charge on any atom is 0.326 e. The van der Waals surface area contributed by atoms with E-state index in [-0.39, 0.29) is 18.1 Å². The molecule has 0 aliphatic carbocycles. The monoisotopic (exact) mass is 535 g/mol. The fourth-order valence-electron chi connectivity index (χ4n) is 4.69. The molecule has 4 aromatic rings. The van der Waals surface area contributed by atoms with Crippen LogP contribution in [0.3, 0.4) is 0 Å². The van der Waals surface area contributed by atoms with Crippen LogP contribution < -0.4 is 5.32 Å². The van der Waals surface area contributed by atoms with E-state index in [2.05, 4.69) is 21.3 Å². The number of fused-ring (bicyclic) bond motifs is 3. The smallest absolute Gasteiger partial charge is 0.326 e. The van der Waals surface area contributed by atoms with Crippen molar-refractivity contribution in [3.8, 4) is 6.07 Å². The molecule has 2 aromatic carbocycles. The van der Waals surface area contributed by atoms with E-state index in [1.54, 1.807) is 47.2 Å². The minimum atomic E-state index is -1.49. The third-order valence-corrected chi connectivity index (χ3v) is 6.68. The predicted octanol–water partition coefficient (Wildman–Crippen LogP) is 5.81. The summed E-state index contributed by atoms with van der Waals surface area (Å²) in [6.45, 7) is 1.92. The number of aromatic nitrogens is 2. The largest absolute Gasteiger partial charge is 0.333 e. The summed E-state index contributed by atoms with van der Waals surface area (Å²) in [4.78, 5) is 19.4. The Hall–Kier alpha value is -4.13. The number of nitrogens with zero attached hydrogens (tertiary/aromatic N) is 4. The van der Waals surface area contributed by atoms with Gasteiger partial charge in [-0.1, -0.05) is 29.8 Å². The number of nitrogens with one attached hydrogen (secondary N) is 1. The van der Waals surface area contributed by atoms with Crippen molar-refractivity contribution < 1.29 is 18.0 Å². The summed E-state index contributed by atoms with van der Waals surface area (Å²) in [6.07, 6.45) is 5.45. The summed E-state index contributed by atoms with van der Waals surface area (Å²) in [5, 5.41) is 13.6. The Morgan fingerprint density at radius 2 is 1.95 bits per heavy atom. The molecule has 0 saturated heterocycles. The number of rotatable bonds is 5. The van der Waals surface area contributed by atoms with E-state index >= 15 is 0 Å². The number of benzene rings is 2. The fraction of sp³-hybridized carbons (Fsp3) is 0.179. The zero-order valence-electron chi connectivity index (χ0n) is 20.0. The molecular formula is C28H21ClF3N5O. The molecule has 0 bridgehead atoms. The van der Waals surface area contributed by atoms with Crippen molar-refractivity contribution in [1.29, 1.82) is 5.26 Å². The molecular weight excluding hydrogens is 515 g/mol. The lowest BCUT2D eigenvalue weighted by Gasteiger charge is -2.27. The quantitative estimate of drug-likeness (QED) is 0.259. The van der Waals surface area contributed by atoms with Crippen molar-refractivity contribution >= 4 is 34.6 Å². The van der Waals surface area contributed by atoms with E-state index in [0.29, 0.717) is 42.3 Å².